The number of H-pyrrole nitrogens is 1. The Labute approximate surface area is 107 Å². The van der Waals surface area contributed by atoms with E-state index in [1.54, 1.807) is 6.92 Å². The number of aromatic nitrogens is 2. The minimum absolute atomic E-state index is 0.110. The van der Waals surface area contributed by atoms with E-state index in [0.29, 0.717) is 25.4 Å². The summed E-state index contributed by atoms with van der Waals surface area (Å²) in [5.41, 5.74) is 0. The number of rotatable bonds is 8. The quantitative estimate of drug-likeness (QED) is 0.687. The molecule has 0 atom stereocenters. The number of sulfonamides is 1. The van der Waals surface area contributed by atoms with Gasteiger partial charge in [0.1, 0.15) is 5.82 Å². The van der Waals surface area contributed by atoms with Crippen LogP contribution in [0, 0.1) is 12.8 Å². The summed E-state index contributed by atoms with van der Waals surface area (Å²) in [6, 6.07) is 0. The third-order valence-electron chi connectivity index (χ3n) is 2.78. The second-order valence-electron chi connectivity index (χ2n) is 4.60. The number of imidazole rings is 1. The Morgan fingerprint density at radius 2 is 2.33 bits per heavy atom. The maximum absolute atomic E-state index is 11.8. The number of nitrogens with one attached hydrogen (secondary N) is 2. The van der Waals surface area contributed by atoms with Crippen LogP contribution in [0.4, 0.5) is 0 Å². The molecule has 0 spiro atoms. The Balaban J connectivity index is 1.65. The van der Waals surface area contributed by atoms with Gasteiger partial charge in [0.2, 0.25) is 0 Å². The van der Waals surface area contributed by atoms with Crippen molar-refractivity contribution in [2.45, 2.75) is 31.2 Å². The molecule has 1 heterocycles. The van der Waals surface area contributed by atoms with Gasteiger partial charge in [0.25, 0.3) is 10.0 Å². The van der Waals surface area contributed by atoms with Gasteiger partial charge in [-0.15, -0.1) is 0 Å². The lowest BCUT2D eigenvalue weighted by atomic mass is 10.4. The zero-order valence-electron chi connectivity index (χ0n) is 10.5. The van der Waals surface area contributed by atoms with Crippen molar-refractivity contribution in [1.82, 2.24) is 14.7 Å². The first-order valence-electron chi connectivity index (χ1n) is 6.17. The fourth-order valence-corrected chi connectivity index (χ4v) is 2.57. The SMILES string of the molecule is Cc1ncc(S(=O)(=O)NCCCOCC2CC2)[nH]1. The average Bonchev–Trinajstić information content (AvgIpc) is 3.03. The standard InChI is InChI=1S/C11H19N3O3S/c1-9-12-7-11(14-9)18(15,16)13-5-2-6-17-8-10-3-4-10/h7,10,13H,2-6,8H2,1H3,(H,12,14). The van der Waals surface area contributed by atoms with Gasteiger partial charge < -0.3 is 9.72 Å². The molecular weight excluding hydrogens is 254 g/mol. The molecule has 0 aliphatic heterocycles. The summed E-state index contributed by atoms with van der Waals surface area (Å²) in [7, 11) is -3.45. The highest BCUT2D eigenvalue weighted by Crippen LogP contribution is 2.28. The lowest BCUT2D eigenvalue weighted by molar-refractivity contribution is 0.123. The van der Waals surface area contributed by atoms with Gasteiger partial charge in [-0.05, 0) is 32.1 Å². The van der Waals surface area contributed by atoms with E-state index in [2.05, 4.69) is 14.7 Å². The first-order valence-corrected chi connectivity index (χ1v) is 7.65. The lowest BCUT2D eigenvalue weighted by Crippen LogP contribution is -2.26. The van der Waals surface area contributed by atoms with Crippen LogP contribution in [-0.4, -0.2) is 38.1 Å². The maximum Gasteiger partial charge on any atom is 0.257 e. The molecule has 7 heteroatoms. The molecule has 2 N–H and O–H groups in total. The molecule has 0 unspecified atom stereocenters. The van der Waals surface area contributed by atoms with E-state index in [9.17, 15) is 8.42 Å². The summed E-state index contributed by atoms with van der Waals surface area (Å²) in [6.07, 6.45) is 4.54. The van der Waals surface area contributed by atoms with Crippen molar-refractivity contribution >= 4 is 10.0 Å². The molecule has 0 radical (unpaired) electrons. The van der Waals surface area contributed by atoms with E-state index in [4.69, 9.17) is 4.74 Å². The number of ether oxygens (including phenoxy) is 1. The van der Waals surface area contributed by atoms with Crippen LogP contribution < -0.4 is 4.72 Å². The van der Waals surface area contributed by atoms with Crippen LogP contribution in [0.5, 0.6) is 0 Å². The van der Waals surface area contributed by atoms with Gasteiger partial charge in [-0.25, -0.2) is 18.1 Å². The zero-order valence-corrected chi connectivity index (χ0v) is 11.3. The van der Waals surface area contributed by atoms with Gasteiger partial charge in [-0.1, -0.05) is 0 Å². The van der Waals surface area contributed by atoms with Crippen LogP contribution >= 0.6 is 0 Å². The molecule has 0 bridgehead atoms. The molecule has 18 heavy (non-hydrogen) atoms. The number of nitrogens with zero attached hydrogens (tertiary/aromatic N) is 1. The van der Waals surface area contributed by atoms with E-state index in [-0.39, 0.29) is 5.03 Å². The third kappa shape index (κ3) is 4.08. The molecule has 1 aliphatic carbocycles. The van der Waals surface area contributed by atoms with Gasteiger partial charge in [0.15, 0.2) is 5.03 Å². The summed E-state index contributed by atoms with van der Waals surface area (Å²) in [4.78, 5) is 6.57. The Morgan fingerprint density at radius 3 is 2.94 bits per heavy atom. The molecule has 0 aromatic carbocycles. The van der Waals surface area contributed by atoms with Crippen molar-refractivity contribution in [1.29, 1.82) is 0 Å². The van der Waals surface area contributed by atoms with Crippen molar-refractivity contribution in [3.8, 4) is 0 Å². The smallest absolute Gasteiger partial charge is 0.257 e. The van der Waals surface area contributed by atoms with Crippen molar-refractivity contribution < 1.29 is 13.2 Å². The molecule has 1 aromatic heterocycles. The normalized spacial score (nSPS) is 16.1. The second kappa shape index (κ2) is 5.81. The molecule has 1 aromatic rings. The topological polar surface area (TPSA) is 84.1 Å². The highest BCUT2D eigenvalue weighted by Gasteiger charge is 2.21. The molecule has 1 saturated carbocycles. The highest BCUT2D eigenvalue weighted by molar-refractivity contribution is 7.89. The summed E-state index contributed by atoms with van der Waals surface area (Å²) in [5.74, 6) is 1.33. The highest BCUT2D eigenvalue weighted by atomic mass is 32.2. The molecule has 1 fully saturated rings. The number of hydrogen-bond donors (Lipinski definition) is 2. The summed E-state index contributed by atoms with van der Waals surface area (Å²) >= 11 is 0. The minimum atomic E-state index is -3.45. The van der Waals surface area contributed by atoms with Gasteiger partial charge in [-0.3, -0.25) is 0 Å². The first kappa shape index (κ1) is 13.5. The molecular formula is C11H19N3O3S. The largest absolute Gasteiger partial charge is 0.381 e. The predicted molar refractivity (Wildman–Crippen MR) is 66.7 cm³/mol. The van der Waals surface area contributed by atoms with Gasteiger partial charge in [0, 0.05) is 19.8 Å². The number of hydrogen-bond acceptors (Lipinski definition) is 4. The van der Waals surface area contributed by atoms with E-state index in [0.717, 1.165) is 12.5 Å². The Bertz CT molecular complexity index is 479. The summed E-state index contributed by atoms with van der Waals surface area (Å²) < 4.78 is 31.5. The Kier molecular flexibility index (Phi) is 4.36. The number of aromatic amines is 1. The predicted octanol–water partition coefficient (Wildman–Crippen LogP) is 0.813. The van der Waals surface area contributed by atoms with Gasteiger partial charge >= 0.3 is 0 Å². The minimum Gasteiger partial charge on any atom is -0.381 e. The third-order valence-corrected chi connectivity index (χ3v) is 4.15. The fourth-order valence-electron chi connectivity index (χ4n) is 1.53. The van der Waals surface area contributed by atoms with Crippen LogP contribution in [0.1, 0.15) is 25.1 Å². The molecule has 1 aliphatic rings. The molecule has 6 nitrogen and oxygen atoms in total. The van der Waals surface area contributed by atoms with Crippen LogP contribution in [0.25, 0.3) is 0 Å². The van der Waals surface area contributed by atoms with Crippen LogP contribution in [0.3, 0.4) is 0 Å². The van der Waals surface area contributed by atoms with Gasteiger partial charge in [-0.2, -0.15) is 0 Å². The van der Waals surface area contributed by atoms with E-state index >= 15 is 0 Å². The van der Waals surface area contributed by atoms with E-state index in [1.807, 2.05) is 0 Å². The van der Waals surface area contributed by atoms with Crippen LogP contribution in [0.2, 0.25) is 0 Å². The molecule has 0 saturated heterocycles. The summed E-state index contributed by atoms with van der Waals surface area (Å²) in [6.45, 7) is 3.50. The lowest BCUT2D eigenvalue weighted by Gasteiger charge is -2.05. The molecule has 0 amide bonds. The Hall–Kier alpha value is -0.920. The average molecular weight is 273 g/mol. The summed E-state index contributed by atoms with van der Waals surface area (Å²) in [5, 5.41) is 0.110. The van der Waals surface area contributed by atoms with E-state index in [1.165, 1.54) is 19.0 Å². The second-order valence-corrected chi connectivity index (χ2v) is 6.34. The molecule has 2 rings (SSSR count). The fraction of sp³-hybridized carbons (Fsp3) is 0.727. The van der Waals surface area contributed by atoms with E-state index < -0.39 is 10.0 Å². The Morgan fingerprint density at radius 1 is 1.56 bits per heavy atom. The number of aryl methyl sites for hydroxylation is 1. The maximum atomic E-state index is 11.8. The van der Waals surface area contributed by atoms with Crippen molar-refractivity contribution in [2.24, 2.45) is 5.92 Å². The first-order chi connectivity index (χ1) is 8.58. The van der Waals surface area contributed by atoms with Crippen molar-refractivity contribution in [3.05, 3.63) is 12.0 Å². The van der Waals surface area contributed by atoms with Crippen LogP contribution in [-0.2, 0) is 14.8 Å². The zero-order chi connectivity index (χ0) is 13.0. The van der Waals surface area contributed by atoms with Gasteiger partial charge in [0.05, 0.1) is 6.20 Å². The monoisotopic (exact) mass is 273 g/mol. The van der Waals surface area contributed by atoms with Crippen LogP contribution in [0.15, 0.2) is 11.2 Å². The van der Waals surface area contributed by atoms with Crippen molar-refractivity contribution in [3.63, 3.8) is 0 Å². The van der Waals surface area contributed by atoms with Crippen molar-refractivity contribution in [2.75, 3.05) is 19.8 Å². The molecule has 102 valence electrons.